The second kappa shape index (κ2) is 7.40. The van der Waals surface area contributed by atoms with E-state index in [0.717, 1.165) is 20.9 Å². The number of nitrogens with zero attached hydrogens (tertiary/aromatic N) is 2. The molecule has 0 unspecified atom stereocenters. The highest BCUT2D eigenvalue weighted by molar-refractivity contribution is 7.22. The van der Waals surface area contributed by atoms with Gasteiger partial charge in [-0.3, -0.25) is 9.78 Å². The molecule has 2 N–H and O–H groups in total. The van der Waals surface area contributed by atoms with Crippen LogP contribution in [0.25, 0.3) is 10.2 Å². The monoisotopic (exact) mass is 404 g/mol. The first-order valence-corrected chi connectivity index (χ1v) is 9.81. The minimum atomic E-state index is -0.191. The van der Waals surface area contributed by atoms with E-state index < -0.39 is 0 Å². The maximum atomic E-state index is 12.7. The molecule has 2 aromatic carbocycles. The van der Waals surface area contributed by atoms with Crippen molar-refractivity contribution in [2.75, 3.05) is 17.4 Å². The van der Waals surface area contributed by atoms with E-state index in [9.17, 15) is 4.79 Å². The molecule has 0 saturated carbocycles. The van der Waals surface area contributed by atoms with E-state index in [-0.39, 0.29) is 12.7 Å². The first-order chi connectivity index (χ1) is 14.2. The number of benzene rings is 2. The number of hydrogen-bond acceptors (Lipinski definition) is 7. The second-order valence-corrected chi connectivity index (χ2v) is 7.47. The molecule has 4 aromatic rings. The van der Waals surface area contributed by atoms with E-state index >= 15 is 0 Å². The Morgan fingerprint density at radius 1 is 1.10 bits per heavy atom. The third-order valence-corrected chi connectivity index (χ3v) is 5.42. The lowest BCUT2D eigenvalue weighted by molar-refractivity contribution is 0.102. The van der Waals surface area contributed by atoms with E-state index in [4.69, 9.17) is 9.47 Å². The minimum absolute atomic E-state index is 0.191. The van der Waals surface area contributed by atoms with Gasteiger partial charge in [0.15, 0.2) is 16.6 Å². The van der Waals surface area contributed by atoms with E-state index in [0.29, 0.717) is 29.3 Å². The standard InChI is InChI=1S/C21H16N4O3S/c26-20(24-15-4-6-17-18(9-15)28-12-27-17)14-3-5-16-19(8-14)29-21(25-16)23-11-13-2-1-7-22-10-13/h1-10H,11-12H2,(H,23,25)(H,24,26). The summed E-state index contributed by atoms with van der Waals surface area (Å²) in [6.07, 6.45) is 3.57. The van der Waals surface area contributed by atoms with Gasteiger partial charge in [0.25, 0.3) is 5.91 Å². The number of amides is 1. The molecule has 2 aromatic heterocycles. The van der Waals surface area contributed by atoms with Crippen LogP contribution in [-0.2, 0) is 6.54 Å². The molecule has 1 aliphatic rings. The van der Waals surface area contributed by atoms with Gasteiger partial charge < -0.3 is 20.1 Å². The number of aromatic nitrogens is 2. The summed E-state index contributed by atoms with van der Waals surface area (Å²) in [6.45, 7) is 0.844. The summed E-state index contributed by atoms with van der Waals surface area (Å²) in [5, 5.41) is 7.00. The molecule has 1 amide bonds. The largest absolute Gasteiger partial charge is 0.454 e. The third-order valence-electron chi connectivity index (χ3n) is 4.45. The first-order valence-electron chi connectivity index (χ1n) is 8.99. The number of rotatable bonds is 5. The first kappa shape index (κ1) is 17.4. The quantitative estimate of drug-likeness (QED) is 0.516. The number of thiazole rings is 1. The number of pyridine rings is 1. The van der Waals surface area contributed by atoms with Gasteiger partial charge in [-0.25, -0.2) is 4.98 Å². The third kappa shape index (κ3) is 3.70. The predicted molar refractivity (Wildman–Crippen MR) is 112 cm³/mol. The Morgan fingerprint density at radius 2 is 2.03 bits per heavy atom. The highest BCUT2D eigenvalue weighted by Crippen LogP contribution is 2.34. The van der Waals surface area contributed by atoms with Gasteiger partial charge in [0.05, 0.1) is 10.2 Å². The van der Waals surface area contributed by atoms with Crippen LogP contribution in [0.2, 0.25) is 0 Å². The molecule has 3 heterocycles. The van der Waals surface area contributed by atoms with Gasteiger partial charge in [0, 0.05) is 36.3 Å². The van der Waals surface area contributed by atoms with Crippen molar-refractivity contribution in [2.24, 2.45) is 0 Å². The normalized spacial score (nSPS) is 12.1. The molecule has 29 heavy (non-hydrogen) atoms. The van der Waals surface area contributed by atoms with E-state index in [1.54, 1.807) is 30.5 Å². The van der Waals surface area contributed by atoms with Gasteiger partial charge in [0.1, 0.15) is 0 Å². The fourth-order valence-electron chi connectivity index (χ4n) is 3.00. The number of carbonyl (C=O) groups excluding carboxylic acids is 1. The average molecular weight is 404 g/mol. The Morgan fingerprint density at radius 3 is 2.93 bits per heavy atom. The number of nitrogens with one attached hydrogen (secondary N) is 2. The van der Waals surface area contributed by atoms with Crippen molar-refractivity contribution in [3.05, 3.63) is 72.1 Å². The fraction of sp³-hybridized carbons (Fsp3) is 0.0952. The zero-order valence-corrected chi connectivity index (χ0v) is 16.0. The highest BCUT2D eigenvalue weighted by Gasteiger charge is 2.15. The molecule has 0 atom stereocenters. The number of fused-ring (bicyclic) bond motifs is 2. The highest BCUT2D eigenvalue weighted by atomic mass is 32.1. The van der Waals surface area contributed by atoms with Gasteiger partial charge in [-0.1, -0.05) is 17.4 Å². The maximum absolute atomic E-state index is 12.7. The van der Waals surface area contributed by atoms with Crippen molar-refractivity contribution < 1.29 is 14.3 Å². The Bertz CT molecular complexity index is 1190. The van der Waals surface area contributed by atoms with Gasteiger partial charge in [-0.05, 0) is 42.0 Å². The molecule has 144 valence electrons. The van der Waals surface area contributed by atoms with Crippen LogP contribution < -0.4 is 20.1 Å². The van der Waals surface area contributed by atoms with Crippen molar-refractivity contribution in [2.45, 2.75) is 6.54 Å². The van der Waals surface area contributed by atoms with Crippen LogP contribution in [-0.4, -0.2) is 22.7 Å². The molecule has 7 nitrogen and oxygen atoms in total. The number of hydrogen-bond donors (Lipinski definition) is 2. The minimum Gasteiger partial charge on any atom is -0.454 e. The van der Waals surface area contributed by atoms with Crippen molar-refractivity contribution >= 4 is 38.3 Å². The summed E-state index contributed by atoms with van der Waals surface area (Å²) in [4.78, 5) is 21.3. The van der Waals surface area contributed by atoms with Crippen LogP contribution in [0.4, 0.5) is 10.8 Å². The topological polar surface area (TPSA) is 85.4 Å². The number of carbonyl (C=O) groups is 1. The van der Waals surface area contributed by atoms with E-state index in [2.05, 4.69) is 20.6 Å². The number of anilines is 2. The van der Waals surface area contributed by atoms with Crippen LogP contribution in [0.1, 0.15) is 15.9 Å². The molecular weight excluding hydrogens is 388 g/mol. The van der Waals surface area contributed by atoms with Crippen LogP contribution in [0, 0.1) is 0 Å². The SMILES string of the molecule is O=C(Nc1ccc2c(c1)OCO2)c1ccc2nc(NCc3cccnc3)sc2c1. The van der Waals surface area contributed by atoms with Gasteiger partial charge in [0.2, 0.25) is 6.79 Å². The molecule has 0 fully saturated rings. The van der Waals surface area contributed by atoms with Crippen molar-refractivity contribution in [3.8, 4) is 11.5 Å². The van der Waals surface area contributed by atoms with Crippen molar-refractivity contribution in [1.82, 2.24) is 9.97 Å². The molecule has 0 spiro atoms. The average Bonchev–Trinajstić information content (AvgIpc) is 3.38. The maximum Gasteiger partial charge on any atom is 0.255 e. The zero-order chi connectivity index (χ0) is 19.6. The Labute approximate surface area is 170 Å². The molecule has 1 aliphatic heterocycles. The summed E-state index contributed by atoms with van der Waals surface area (Å²) >= 11 is 1.51. The lowest BCUT2D eigenvalue weighted by Crippen LogP contribution is -2.11. The molecule has 0 radical (unpaired) electrons. The Kier molecular flexibility index (Phi) is 4.45. The number of ether oxygens (including phenoxy) is 2. The van der Waals surface area contributed by atoms with Gasteiger partial charge in [-0.15, -0.1) is 0 Å². The Balaban J connectivity index is 1.30. The van der Waals surface area contributed by atoms with E-state index in [1.807, 2.05) is 30.5 Å². The van der Waals surface area contributed by atoms with Gasteiger partial charge in [-0.2, -0.15) is 0 Å². The van der Waals surface area contributed by atoms with Crippen LogP contribution >= 0.6 is 11.3 Å². The smallest absolute Gasteiger partial charge is 0.255 e. The lowest BCUT2D eigenvalue weighted by Gasteiger charge is -2.06. The molecule has 5 rings (SSSR count). The van der Waals surface area contributed by atoms with E-state index in [1.165, 1.54) is 11.3 Å². The predicted octanol–water partition coefficient (Wildman–Crippen LogP) is 4.28. The van der Waals surface area contributed by atoms with Crippen molar-refractivity contribution in [1.29, 1.82) is 0 Å². The molecular formula is C21H16N4O3S. The van der Waals surface area contributed by atoms with Crippen molar-refractivity contribution in [3.63, 3.8) is 0 Å². The van der Waals surface area contributed by atoms with Gasteiger partial charge >= 0.3 is 0 Å². The van der Waals surface area contributed by atoms with Crippen LogP contribution in [0.3, 0.4) is 0 Å². The van der Waals surface area contributed by atoms with Crippen LogP contribution in [0.5, 0.6) is 11.5 Å². The summed E-state index contributed by atoms with van der Waals surface area (Å²) in [7, 11) is 0. The summed E-state index contributed by atoms with van der Waals surface area (Å²) in [6, 6.07) is 14.7. The zero-order valence-electron chi connectivity index (χ0n) is 15.2. The molecule has 0 bridgehead atoms. The second-order valence-electron chi connectivity index (χ2n) is 6.44. The Hall–Kier alpha value is -3.65. The summed E-state index contributed by atoms with van der Waals surface area (Å²) < 4.78 is 11.6. The van der Waals surface area contributed by atoms with Crippen LogP contribution in [0.15, 0.2) is 60.9 Å². The lowest BCUT2D eigenvalue weighted by atomic mass is 10.2. The molecule has 0 aliphatic carbocycles. The summed E-state index contributed by atoms with van der Waals surface area (Å²) in [5.41, 5.74) is 3.15. The molecule has 0 saturated heterocycles. The fourth-order valence-corrected chi connectivity index (χ4v) is 3.90. The molecule has 8 heteroatoms. The summed E-state index contributed by atoms with van der Waals surface area (Å²) in [5.74, 6) is 1.12.